The Bertz CT molecular complexity index is 1180. The SMILES string of the molecule is CCOc1cc(/C=C2/N=C(c3ccccc3)OC2=O)cc(Br)c1OCCOc1ccccc1. The van der Waals surface area contributed by atoms with Gasteiger partial charge in [-0.15, -0.1) is 0 Å². The van der Waals surface area contributed by atoms with E-state index >= 15 is 0 Å². The number of esters is 1. The number of benzene rings is 3. The van der Waals surface area contributed by atoms with Gasteiger partial charge in [0.05, 0.1) is 11.1 Å². The summed E-state index contributed by atoms with van der Waals surface area (Å²) in [7, 11) is 0. The number of aliphatic imine (C=N–C) groups is 1. The molecule has 0 aliphatic carbocycles. The number of hydrogen-bond donors (Lipinski definition) is 0. The van der Waals surface area contributed by atoms with Crippen LogP contribution in [-0.2, 0) is 9.53 Å². The van der Waals surface area contributed by atoms with E-state index in [9.17, 15) is 4.79 Å². The van der Waals surface area contributed by atoms with Gasteiger partial charge in [0.25, 0.3) is 0 Å². The quantitative estimate of drug-likeness (QED) is 0.212. The summed E-state index contributed by atoms with van der Waals surface area (Å²) >= 11 is 3.55. The highest BCUT2D eigenvalue weighted by Gasteiger charge is 2.24. The molecule has 0 amide bonds. The summed E-state index contributed by atoms with van der Waals surface area (Å²) < 4.78 is 23.4. The number of cyclic esters (lactones) is 1. The molecule has 4 rings (SSSR count). The van der Waals surface area contributed by atoms with E-state index in [-0.39, 0.29) is 11.6 Å². The van der Waals surface area contributed by atoms with Crippen LogP contribution in [0.3, 0.4) is 0 Å². The van der Waals surface area contributed by atoms with Gasteiger partial charge in [-0.05, 0) is 70.9 Å². The molecule has 3 aromatic rings. The van der Waals surface area contributed by atoms with Gasteiger partial charge < -0.3 is 18.9 Å². The molecule has 168 valence electrons. The van der Waals surface area contributed by atoms with Crippen LogP contribution in [0.5, 0.6) is 17.2 Å². The lowest BCUT2D eigenvalue weighted by atomic mass is 10.1. The highest BCUT2D eigenvalue weighted by atomic mass is 79.9. The predicted octanol–water partition coefficient (Wildman–Crippen LogP) is 5.65. The monoisotopic (exact) mass is 507 g/mol. The third kappa shape index (κ3) is 5.81. The first-order chi connectivity index (χ1) is 16.1. The van der Waals surface area contributed by atoms with Gasteiger partial charge in [0.2, 0.25) is 5.90 Å². The van der Waals surface area contributed by atoms with Crippen LogP contribution in [0, 0.1) is 0 Å². The molecule has 1 aliphatic rings. The minimum Gasteiger partial charge on any atom is -0.490 e. The highest BCUT2D eigenvalue weighted by Crippen LogP contribution is 2.38. The first-order valence-corrected chi connectivity index (χ1v) is 11.3. The third-order valence-electron chi connectivity index (χ3n) is 4.62. The number of nitrogens with zero attached hydrogens (tertiary/aromatic N) is 1. The van der Waals surface area contributed by atoms with Crippen LogP contribution in [0.15, 0.2) is 88.0 Å². The lowest BCUT2D eigenvalue weighted by molar-refractivity contribution is -0.129. The van der Waals surface area contributed by atoms with E-state index in [2.05, 4.69) is 20.9 Å². The molecule has 7 heteroatoms. The molecule has 0 saturated carbocycles. The van der Waals surface area contributed by atoms with Crippen molar-refractivity contribution in [2.45, 2.75) is 6.92 Å². The normalized spacial score (nSPS) is 14.1. The standard InChI is InChI=1S/C26H22BrNO5/c1-2-30-23-17-18(16-22-26(29)33-25(28-22)19-9-5-3-6-10-19)15-21(27)24(23)32-14-13-31-20-11-7-4-8-12-20/h3-12,15-17H,2,13-14H2,1H3/b22-16+. The van der Waals surface area contributed by atoms with E-state index in [4.69, 9.17) is 18.9 Å². The molecule has 0 radical (unpaired) electrons. The van der Waals surface area contributed by atoms with Crippen LogP contribution in [0.4, 0.5) is 0 Å². The maximum absolute atomic E-state index is 12.3. The van der Waals surface area contributed by atoms with Crippen molar-refractivity contribution in [3.8, 4) is 17.2 Å². The van der Waals surface area contributed by atoms with E-state index in [1.54, 1.807) is 12.1 Å². The third-order valence-corrected chi connectivity index (χ3v) is 5.21. The number of ether oxygens (including phenoxy) is 4. The van der Waals surface area contributed by atoms with Crippen LogP contribution >= 0.6 is 15.9 Å². The lowest BCUT2D eigenvalue weighted by Gasteiger charge is -2.15. The Labute approximate surface area is 200 Å². The number of para-hydroxylation sites is 1. The molecule has 0 spiro atoms. The number of rotatable bonds is 9. The van der Waals surface area contributed by atoms with Gasteiger partial charge >= 0.3 is 5.97 Å². The molecule has 0 unspecified atom stereocenters. The molecule has 0 aromatic heterocycles. The van der Waals surface area contributed by atoms with Crippen LogP contribution in [0.1, 0.15) is 18.1 Å². The minimum absolute atomic E-state index is 0.216. The second kappa shape index (κ2) is 10.8. The van der Waals surface area contributed by atoms with Gasteiger partial charge in [-0.3, -0.25) is 0 Å². The Morgan fingerprint density at radius 1 is 0.939 bits per heavy atom. The van der Waals surface area contributed by atoms with Crippen LogP contribution < -0.4 is 14.2 Å². The number of carbonyl (C=O) groups is 1. The van der Waals surface area contributed by atoms with Gasteiger partial charge in [0.15, 0.2) is 17.2 Å². The zero-order valence-corrected chi connectivity index (χ0v) is 19.6. The Balaban J connectivity index is 1.50. The predicted molar refractivity (Wildman–Crippen MR) is 130 cm³/mol. The number of hydrogen-bond acceptors (Lipinski definition) is 6. The molecule has 0 saturated heterocycles. The van der Waals surface area contributed by atoms with Crippen molar-refractivity contribution in [2.24, 2.45) is 4.99 Å². The molecule has 0 fully saturated rings. The summed E-state index contributed by atoms with van der Waals surface area (Å²) in [5.41, 5.74) is 1.68. The van der Waals surface area contributed by atoms with Gasteiger partial charge in [-0.2, -0.15) is 0 Å². The van der Waals surface area contributed by atoms with E-state index in [0.717, 1.165) is 16.9 Å². The van der Waals surface area contributed by atoms with E-state index in [1.165, 1.54) is 0 Å². The molecule has 1 aliphatic heterocycles. The zero-order chi connectivity index (χ0) is 23.0. The minimum atomic E-state index is -0.499. The second-order valence-corrected chi connectivity index (χ2v) is 7.83. The summed E-state index contributed by atoms with van der Waals surface area (Å²) in [5.74, 6) is 1.69. The zero-order valence-electron chi connectivity index (χ0n) is 18.0. The van der Waals surface area contributed by atoms with Crippen LogP contribution in [-0.4, -0.2) is 31.7 Å². The maximum atomic E-state index is 12.3. The summed E-state index contributed by atoms with van der Waals surface area (Å²) in [4.78, 5) is 16.7. The molecule has 0 atom stereocenters. The molecule has 0 N–H and O–H groups in total. The highest BCUT2D eigenvalue weighted by molar-refractivity contribution is 9.10. The fraction of sp³-hybridized carbons (Fsp3) is 0.154. The summed E-state index contributed by atoms with van der Waals surface area (Å²) in [6.07, 6.45) is 1.66. The molecule has 6 nitrogen and oxygen atoms in total. The summed E-state index contributed by atoms with van der Waals surface area (Å²) in [5, 5.41) is 0. The second-order valence-electron chi connectivity index (χ2n) is 6.98. The Morgan fingerprint density at radius 3 is 2.36 bits per heavy atom. The molecule has 3 aromatic carbocycles. The van der Waals surface area contributed by atoms with Crippen molar-refractivity contribution in [1.29, 1.82) is 0 Å². The van der Waals surface area contributed by atoms with E-state index in [1.807, 2.05) is 73.7 Å². The van der Waals surface area contributed by atoms with Gasteiger partial charge in [0.1, 0.15) is 19.0 Å². The van der Waals surface area contributed by atoms with E-state index in [0.29, 0.717) is 35.8 Å². The number of halogens is 1. The smallest absolute Gasteiger partial charge is 0.363 e. The van der Waals surface area contributed by atoms with Crippen molar-refractivity contribution in [3.05, 3.63) is 94.1 Å². The molecule has 0 bridgehead atoms. The molecule has 33 heavy (non-hydrogen) atoms. The molecular formula is C26H22BrNO5. The Hall–Kier alpha value is -3.58. The topological polar surface area (TPSA) is 66.4 Å². The average Bonchev–Trinajstić information content (AvgIpc) is 3.19. The molecule has 1 heterocycles. The maximum Gasteiger partial charge on any atom is 0.363 e. The molecular weight excluding hydrogens is 486 g/mol. The van der Waals surface area contributed by atoms with Gasteiger partial charge in [-0.1, -0.05) is 36.4 Å². The first kappa shape index (κ1) is 22.6. The van der Waals surface area contributed by atoms with Crippen molar-refractivity contribution < 1.29 is 23.7 Å². The summed E-state index contributed by atoms with van der Waals surface area (Å²) in [6, 6.07) is 22.5. The average molecular weight is 508 g/mol. The Kier molecular flexibility index (Phi) is 7.42. The van der Waals surface area contributed by atoms with E-state index < -0.39 is 5.97 Å². The van der Waals surface area contributed by atoms with Crippen LogP contribution in [0.2, 0.25) is 0 Å². The fourth-order valence-corrected chi connectivity index (χ4v) is 3.74. The van der Waals surface area contributed by atoms with Crippen molar-refractivity contribution >= 4 is 33.9 Å². The Morgan fingerprint density at radius 2 is 1.64 bits per heavy atom. The number of carbonyl (C=O) groups excluding carboxylic acids is 1. The van der Waals surface area contributed by atoms with Gasteiger partial charge in [0, 0.05) is 5.56 Å². The first-order valence-electron chi connectivity index (χ1n) is 10.5. The van der Waals surface area contributed by atoms with Crippen molar-refractivity contribution in [1.82, 2.24) is 0 Å². The summed E-state index contributed by atoms with van der Waals surface area (Å²) in [6.45, 7) is 3.08. The fourth-order valence-electron chi connectivity index (χ4n) is 3.17. The van der Waals surface area contributed by atoms with Crippen molar-refractivity contribution in [2.75, 3.05) is 19.8 Å². The van der Waals surface area contributed by atoms with Gasteiger partial charge in [-0.25, -0.2) is 9.79 Å². The van der Waals surface area contributed by atoms with Crippen LogP contribution in [0.25, 0.3) is 6.08 Å². The van der Waals surface area contributed by atoms with Crippen molar-refractivity contribution in [3.63, 3.8) is 0 Å². The largest absolute Gasteiger partial charge is 0.490 e. The lowest BCUT2D eigenvalue weighted by Crippen LogP contribution is -2.10.